The van der Waals surface area contributed by atoms with E-state index in [0.29, 0.717) is 23.4 Å². The van der Waals surface area contributed by atoms with E-state index in [9.17, 15) is 8.42 Å². The van der Waals surface area contributed by atoms with E-state index in [2.05, 4.69) is 10.8 Å². The van der Waals surface area contributed by atoms with E-state index in [1.807, 2.05) is 4.68 Å². The van der Waals surface area contributed by atoms with Gasteiger partial charge < -0.3 is 0 Å². The van der Waals surface area contributed by atoms with Crippen molar-refractivity contribution in [1.29, 1.82) is 0 Å². The van der Waals surface area contributed by atoms with Gasteiger partial charge in [-0.1, -0.05) is 23.2 Å². The maximum absolute atomic E-state index is 12.5. The molecule has 0 unspecified atom stereocenters. The lowest BCUT2D eigenvalue weighted by molar-refractivity contribution is 0.548. The van der Waals surface area contributed by atoms with Gasteiger partial charge in [0.15, 0.2) is 0 Å². The lowest BCUT2D eigenvalue weighted by Gasteiger charge is -2.10. The molecule has 8 heteroatoms. The van der Waals surface area contributed by atoms with Gasteiger partial charge in [-0.3, -0.25) is 4.68 Å². The maximum Gasteiger partial charge on any atom is 0.242 e. The largest absolute Gasteiger partial charge is 0.268 e. The molecule has 2 saturated carbocycles. The predicted octanol–water partition coefficient (Wildman–Crippen LogP) is 3.92. The number of rotatable bonds is 7. The van der Waals surface area contributed by atoms with Crippen LogP contribution in [0.5, 0.6) is 0 Å². The summed E-state index contributed by atoms with van der Waals surface area (Å²) >= 11 is 11.9. The molecule has 2 aliphatic rings. The van der Waals surface area contributed by atoms with Crippen molar-refractivity contribution in [3.05, 3.63) is 45.7 Å². The summed E-state index contributed by atoms with van der Waals surface area (Å²) < 4.78 is 29.5. The highest BCUT2D eigenvalue weighted by molar-refractivity contribution is 7.89. The number of hydrogen-bond acceptors (Lipinski definition) is 3. The minimum absolute atomic E-state index is 0.00298. The normalized spacial score (nSPS) is 17.8. The summed E-state index contributed by atoms with van der Waals surface area (Å²) in [5.41, 5.74) is 2.39. The minimum atomic E-state index is -3.71. The van der Waals surface area contributed by atoms with Gasteiger partial charge >= 0.3 is 0 Å². The summed E-state index contributed by atoms with van der Waals surface area (Å²) in [6.45, 7) is 0.770. The maximum atomic E-state index is 12.5. The molecule has 134 valence electrons. The van der Waals surface area contributed by atoms with Crippen molar-refractivity contribution >= 4 is 33.2 Å². The van der Waals surface area contributed by atoms with Crippen LogP contribution in [0.4, 0.5) is 0 Å². The van der Waals surface area contributed by atoms with Crippen LogP contribution in [0.15, 0.2) is 29.2 Å². The van der Waals surface area contributed by atoms with Crippen LogP contribution >= 0.6 is 23.2 Å². The van der Waals surface area contributed by atoms with Crippen molar-refractivity contribution in [3.63, 3.8) is 0 Å². The molecule has 2 aromatic rings. The number of halogens is 2. The lowest BCUT2D eigenvalue weighted by atomic mass is 10.2. The smallest absolute Gasteiger partial charge is 0.242 e. The Morgan fingerprint density at radius 1 is 1.12 bits per heavy atom. The van der Waals surface area contributed by atoms with Crippen molar-refractivity contribution in [2.24, 2.45) is 0 Å². The second-order valence-electron chi connectivity index (χ2n) is 6.74. The van der Waals surface area contributed by atoms with Gasteiger partial charge in [-0.2, -0.15) is 5.10 Å². The van der Waals surface area contributed by atoms with Gasteiger partial charge in [-0.15, -0.1) is 0 Å². The van der Waals surface area contributed by atoms with E-state index >= 15 is 0 Å². The van der Waals surface area contributed by atoms with Crippen LogP contribution in [0.25, 0.3) is 0 Å². The molecule has 4 rings (SSSR count). The highest BCUT2D eigenvalue weighted by Crippen LogP contribution is 2.44. The Kier molecular flexibility index (Phi) is 4.56. The van der Waals surface area contributed by atoms with E-state index in [4.69, 9.17) is 28.3 Å². The first-order chi connectivity index (χ1) is 11.9. The Labute approximate surface area is 157 Å². The molecule has 0 atom stereocenters. The molecule has 25 heavy (non-hydrogen) atoms. The molecule has 1 heterocycles. The zero-order chi connectivity index (χ0) is 17.6. The second kappa shape index (κ2) is 6.58. The summed E-state index contributed by atoms with van der Waals surface area (Å²) in [4.78, 5) is 0.00298. The zero-order valence-corrected chi connectivity index (χ0v) is 15.9. The molecule has 0 bridgehead atoms. The van der Waals surface area contributed by atoms with E-state index in [-0.39, 0.29) is 16.5 Å². The summed E-state index contributed by atoms with van der Waals surface area (Å²) in [5, 5.41) is 5.19. The molecular weight excluding hydrogens is 381 g/mol. The topological polar surface area (TPSA) is 64.0 Å². The van der Waals surface area contributed by atoms with Gasteiger partial charge in [0.25, 0.3) is 0 Å². The van der Waals surface area contributed by atoms with Crippen LogP contribution in [0, 0.1) is 0 Å². The zero-order valence-electron chi connectivity index (χ0n) is 13.6. The molecule has 1 N–H and O–H groups in total. The van der Waals surface area contributed by atoms with Crippen LogP contribution in [-0.4, -0.2) is 24.7 Å². The molecule has 0 radical (unpaired) electrons. The van der Waals surface area contributed by atoms with Gasteiger partial charge in [0, 0.05) is 29.1 Å². The van der Waals surface area contributed by atoms with Crippen molar-refractivity contribution < 1.29 is 8.42 Å². The fourth-order valence-electron chi connectivity index (χ4n) is 2.96. The van der Waals surface area contributed by atoms with Gasteiger partial charge in [-0.05, 0) is 49.9 Å². The van der Waals surface area contributed by atoms with Crippen LogP contribution in [0.2, 0.25) is 10.0 Å². The van der Waals surface area contributed by atoms with Gasteiger partial charge in [0.05, 0.1) is 17.3 Å². The van der Waals surface area contributed by atoms with E-state index < -0.39 is 10.0 Å². The third-order valence-corrected chi connectivity index (χ3v) is 6.80. The van der Waals surface area contributed by atoms with Crippen molar-refractivity contribution in [2.45, 2.75) is 49.0 Å². The SMILES string of the molecule is O=S(=O)(NCCn1nc(C2CC2)cc1C1CC1)c1cc(Cl)ccc1Cl. The fraction of sp³-hybridized carbons (Fsp3) is 0.471. The summed E-state index contributed by atoms with van der Waals surface area (Å²) in [6, 6.07) is 6.62. The number of hydrogen-bond donors (Lipinski definition) is 1. The number of sulfonamides is 1. The molecule has 1 aromatic heterocycles. The standard InChI is InChI=1S/C17H19Cl2N3O2S/c18-13-5-6-14(19)17(9-13)25(23,24)20-7-8-22-16(12-3-4-12)10-15(21-22)11-1-2-11/h5-6,9-12,20H,1-4,7-8H2. The third kappa shape index (κ3) is 3.87. The molecular formula is C17H19Cl2N3O2S. The molecule has 2 aliphatic carbocycles. The Morgan fingerprint density at radius 2 is 1.84 bits per heavy atom. The average molecular weight is 400 g/mol. The van der Waals surface area contributed by atoms with E-state index in [0.717, 1.165) is 5.69 Å². The Bertz CT molecular complexity index is 903. The third-order valence-electron chi connectivity index (χ3n) is 4.62. The Balaban J connectivity index is 1.46. The van der Waals surface area contributed by atoms with Crippen LogP contribution in [0.3, 0.4) is 0 Å². The monoisotopic (exact) mass is 399 g/mol. The number of nitrogens with zero attached hydrogens (tertiary/aromatic N) is 2. The van der Waals surface area contributed by atoms with Gasteiger partial charge in [0.1, 0.15) is 4.90 Å². The van der Waals surface area contributed by atoms with Crippen molar-refractivity contribution in [3.8, 4) is 0 Å². The summed E-state index contributed by atoms with van der Waals surface area (Å²) in [5.74, 6) is 1.18. The van der Waals surface area contributed by atoms with Crippen LogP contribution < -0.4 is 4.72 Å². The first-order valence-electron chi connectivity index (χ1n) is 8.46. The molecule has 2 fully saturated rings. The van der Waals surface area contributed by atoms with Gasteiger partial charge in [-0.25, -0.2) is 13.1 Å². The van der Waals surface area contributed by atoms with Crippen molar-refractivity contribution in [2.75, 3.05) is 6.54 Å². The lowest BCUT2D eigenvalue weighted by Crippen LogP contribution is -2.28. The van der Waals surface area contributed by atoms with Crippen LogP contribution in [0.1, 0.15) is 48.9 Å². The molecule has 0 amide bonds. The minimum Gasteiger partial charge on any atom is -0.268 e. The van der Waals surface area contributed by atoms with E-state index in [1.54, 1.807) is 6.07 Å². The van der Waals surface area contributed by atoms with Crippen molar-refractivity contribution in [1.82, 2.24) is 14.5 Å². The fourth-order valence-corrected chi connectivity index (χ4v) is 4.75. The summed E-state index contributed by atoms with van der Waals surface area (Å²) in [6.07, 6.45) is 4.81. The number of benzene rings is 1. The van der Waals surface area contributed by atoms with E-state index in [1.165, 1.54) is 43.5 Å². The first-order valence-corrected chi connectivity index (χ1v) is 10.7. The highest BCUT2D eigenvalue weighted by atomic mass is 35.5. The molecule has 1 aromatic carbocycles. The molecule has 0 aliphatic heterocycles. The average Bonchev–Trinajstić information content (AvgIpc) is 3.48. The van der Waals surface area contributed by atoms with Crippen LogP contribution in [-0.2, 0) is 16.6 Å². The number of nitrogens with one attached hydrogen (secondary N) is 1. The molecule has 5 nitrogen and oxygen atoms in total. The quantitative estimate of drug-likeness (QED) is 0.766. The Morgan fingerprint density at radius 3 is 2.52 bits per heavy atom. The van der Waals surface area contributed by atoms with Gasteiger partial charge in [0.2, 0.25) is 10.0 Å². The predicted molar refractivity (Wildman–Crippen MR) is 97.8 cm³/mol. The second-order valence-corrected chi connectivity index (χ2v) is 9.32. The first kappa shape index (κ1) is 17.3. The number of aromatic nitrogens is 2. The molecule has 0 saturated heterocycles. The highest BCUT2D eigenvalue weighted by Gasteiger charge is 2.32. The molecule has 0 spiro atoms. The summed E-state index contributed by atoms with van der Waals surface area (Å²) in [7, 11) is -3.71. The Hall–Kier alpha value is -1.08.